The Labute approximate surface area is 129 Å². The fraction of sp³-hybridized carbons (Fsp3) is 0.294. The molecule has 0 spiro atoms. The van der Waals surface area contributed by atoms with Gasteiger partial charge in [0.15, 0.2) is 0 Å². The molecule has 1 atom stereocenters. The molecule has 1 aromatic carbocycles. The third-order valence-electron chi connectivity index (χ3n) is 3.71. The number of carbonyl (C=O) groups is 1. The number of nitrogens with one attached hydrogen (secondary N) is 1. The van der Waals surface area contributed by atoms with Crippen LogP contribution in [0.1, 0.15) is 11.3 Å². The molecule has 1 aliphatic heterocycles. The van der Waals surface area contributed by atoms with Crippen LogP contribution in [0.4, 0.5) is 0 Å². The maximum atomic E-state index is 12.3. The Morgan fingerprint density at radius 2 is 2.32 bits per heavy atom. The van der Waals surface area contributed by atoms with Gasteiger partial charge < -0.3 is 14.8 Å². The first-order chi connectivity index (χ1) is 10.8. The topological polar surface area (TPSA) is 60.5 Å². The lowest BCUT2D eigenvalue weighted by Crippen LogP contribution is -2.37. The smallest absolute Gasteiger partial charge is 0.227 e. The van der Waals surface area contributed by atoms with Gasteiger partial charge in [0, 0.05) is 6.20 Å². The minimum atomic E-state index is -0.191. The summed E-state index contributed by atoms with van der Waals surface area (Å²) in [4.78, 5) is 16.5. The number of ether oxygens (including phenoxy) is 2. The van der Waals surface area contributed by atoms with Gasteiger partial charge in [-0.2, -0.15) is 0 Å². The van der Waals surface area contributed by atoms with Crippen LogP contribution in [0.2, 0.25) is 0 Å². The predicted octanol–water partition coefficient (Wildman–Crippen LogP) is 1.96. The molecule has 0 radical (unpaired) electrons. The molecule has 0 bridgehead atoms. The number of hydrogen-bond acceptors (Lipinski definition) is 4. The van der Waals surface area contributed by atoms with E-state index < -0.39 is 0 Å². The summed E-state index contributed by atoms with van der Waals surface area (Å²) in [6.07, 6.45) is 2.37. The summed E-state index contributed by atoms with van der Waals surface area (Å²) < 4.78 is 10.9. The van der Waals surface area contributed by atoms with E-state index in [1.54, 1.807) is 13.3 Å². The van der Waals surface area contributed by atoms with Crippen LogP contribution >= 0.6 is 0 Å². The van der Waals surface area contributed by atoms with Crippen molar-refractivity contribution in [2.75, 3.05) is 13.7 Å². The number of carbonyl (C=O) groups excluding carboxylic acids is 1. The van der Waals surface area contributed by atoms with Crippen molar-refractivity contribution in [3.05, 3.63) is 53.9 Å². The minimum absolute atomic E-state index is 0.0147. The third-order valence-corrected chi connectivity index (χ3v) is 3.71. The van der Waals surface area contributed by atoms with Gasteiger partial charge in [0.2, 0.25) is 5.91 Å². The Kier molecular flexibility index (Phi) is 4.23. The molecule has 1 aromatic heterocycles. The SMILES string of the molecule is COc1ccc2c(c1)C[C@H](C(=O)NCc1ccccn1)CO2. The summed E-state index contributed by atoms with van der Waals surface area (Å²) in [6, 6.07) is 11.3. The van der Waals surface area contributed by atoms with E-state index in [4.69, 9.17) is 9.47 Å². The van der Waals surface area contributed by atoms with Gasteiger partial charge in [-0.25, -0.2) is 0 Å². The Morgan fingerprint density at radius 1 is 1.41 bits per heavy atom. The van der Waals surface area contributed by atoms with Crippen molar-refractivity contribution in [1.82, 2.24) is 10.3 Å². The first kappa shape index (κ1) is 14.4. The highest BCUT2D eigenvalue weighted by Gasteiger charge is 2.26. The summed E-state index contributed by atoms with van der Waals surface area (Å²) in [6.45, 7) is 0.828. The Bertz CT molecular complexity index is 658. The molecule has 0 aliphatic carbocycles. The van der Waals surface area contributed by atoms with Gasteiger partial charge in [0.25, 0.3) is 0 Å². The molecular weight excluding hydrogens is 280 g/mol. The molecular formula is C17H18N2O3. The van der Waals surface area contributed by atoms with Crippen molar-refractivity contribution < 1.29 is 14.3 Å². The molecule has 1 N–H and O–H groups in total. The fourth-order valence-corrected chi connectivity index (χ4v) is 2.49. The van der Waals surface area contributed by atoms with Gasteiger partial charge in [-0.3, -0.25) is 9.78 Å². The molecule has 1 aliphatic rings. The van der Waals surface area contributed by atoms with E-state index in [1.165, 1.54) is 0 Å². The quantitative estimate of drug-likeness (QED) is 0.937. The average molecular weight is 298 g/mol. The van der Waals surface area contributed by atoms with Crippen LogP contribution in [-0.4, -0.2) is 24.6 Å². The van der Waals surface area contributed by atoms with Gasteiger partial charge in [-0.05, 0) is 42.3 Å². The molecule has 5 nitrogen and oxygen atoms in total. The second kappa shape index (κ2) is 6.47. The monoisotopic (exact) mass is 298 g/mol. The fourth-order valence-electron chi connectivity index (χ4n) is 2.49. The van der Waals surface area contributed by atoms with Gasteiger partial charge in [0.1, 0.15) is 18.1 Å². The average Bonchev–Trinajstić information content (AvgIpc) is 2.59. The van der Waals surface area contributed by atoms with E-state index in [2.05, 4.69) is 10.3 Å². The number of hydrogen-bond donors (Lipinski definition) is 1. The normalized spacial score (nSPS) is 16.3. The Hall–Kier alpha value is -2.56. The highest BCUT2D eigenvalue weighted by molar-refractivity contribution is 5.79. The summed E-state index contributed by atoms with van der Waals surface area (Å²) in [5, 5.41) is 2.92. The van der Waals surface area contributed by atoms with Gasteiger partial charge in [0.05, 0.1) is 25.3 Å². The molecule has 3 rings (SSSR count). The molecule has 2 aromatic rings. The first-order valence-electron chi connectivity index (χ1n) is 7.23. The van der Waals surface area contributed by atoms with Crippen LogP contribution in [0.5, 0.6) is 11.5 Å². The number of nitrogens with zero attached hydrogens (tertiary/aromatic N) is 1. The first-order valence-corrected chi connectivity index (χ1v) is 7.23. The van der Waals surface area contributed by atoms with E-state index in [0.29, 0.717) is 19.6 Å². The van der Waals surface area contributed by atoms with Crippen molar-refractivity contribution in [2.24, 2.45) is 5.92 Å². The van der Waals surface area contributed by atoms with Crippen LogP contribution in [0.3, 0.4) is 0 Å². The van der Waals surface area contributed by atoms with E-state index in [1.807, 2.05) is 36.4 Å². The lowest BCUT2D eigenvalue weighted by Gasteiger charge is -2.25. The van der Waals surface area contributed by atoms with Crippen LogP contribution in [0.25, 0.3) is 0 Å². The Morgan fingerprint density at radius 3 is 3.09 bits per heavy atom. The molecule has 1 amide bonds. The second-order valence-corrected chi connectivity index (χ2v) is 5.22. The maximum Gasteiger partial charge on any atom is 0.227 e. The Balaban J connectivity index is 1.62. The summed E-state index contributed by atoms with van der Waals surface area (Å²) >= 11 is 0. The largest absolute Gasteiger partial charge is 0.497 e. The minimum Gasteiger partial charge on any atom is -0.497 e. The van der Waals surface area contributed by atoms with Crippen LogP contribution in [0.15, 0.2) is 42.6 Å². The number of fused-ring (bicyclic) bond motifs is 1. The van der Waals surface area contributed by atoms with Crippen LogP contribution in [-0.2, 0) is 17.8 Å². The summed E-state index contributed by atoms with van der Waals surface area (Å²) in [7, 11) is 1.63. The zero-order valence-electron chi connectivity index (χ0n) is 12.4. The lowest BCUT2D eigenvalue weighted by atomic mass is 9.96. The molecule has 5 heteroatoms. The maximum absolute atomic E-state index is 12.3. The van der Waals surface area contributed by atoms with Crippen molar-refractivity contribution in [1.29, 1.82) is 0 Å². The molecule has 2 heterocycles. The zero-order valence-corrected chi connectivity index (χ0v) is 12.4. The van der Waals surface area contributed by atoms with Crippen LogP contribution < -0.4 is 14.8 Å². The highest BCUT2D eigenvalue weighted by Crippen LogP contribution is 2.30. The summed E-state index contributed by atoms with van der Waals surface area (Å²) in [5.74, 6) is 1.40. The molecule has 0 fully saturated rings. The van der Waals surface area contributed by atoms with Crippen molar-refractivity contribution in [3.8, 4) is 11.5 Å². The van der Waals surface area contributed by atoms with Crippen LogP contribution in [0, 0.1) is 5.92 Å². The number of aromatic nitrogens is 1. The van der Waals surface area contributed by atoms with E-state index in [-0.39, 0.29) is 11.8 Å². The van der Waals surface area contributed by atoms with E-state index in [9.17, 15) is 4.79 Å². The van der Waals surface area contributed by atoms with Crippen molar-refractivity contribution in [3.63, 3.8) is 0 Å². The molecule has 0 saturated carbocycles. The lowest BCUT2D eigenvalue weighted by molar-refractivity contribution is -0.126. The van der Waals surface area contributed by atoms with E-state index in [0.717, 1.165) is 22.8 Å². The molecule has 0 unspecified atom stereocenters. The number of methoxy groups -OCH3 is 1. The van der Waals surface area contributed by atoms with Crippen molar-refractivity contribution in [2.45, 2.75) is 13.0 Å². The molecule has 0 saturated heterocycles. The van der Waals surface area contributed by atoms with Gasteiger partial charge >= 0.3 is 0 Å². The van der Waals surface area contributed by atoms with E-state index >= 15 is 0 Å². The number of pyridine rings is 1. The number of amides is 1. The highest BCUT2D eigenvalue weighted by atomic mass is 16.5. The summed E-state index contributed by atoms with van der Waals surface area (Å²) in [5.41, 5.74) is 1.85. The molecule has 114 valence electrons. The predicted molar refractivity (Wildman–Crippen MR) is 81.8 cm³/mol. The standard InChI is InChI=1S/C17H18N2O3/c1-21-15-5-6-16-12(9-15)8-13(11-22-16)17(20)19-10-14-4-2-3-7-18-14/h2-7,9,13H,8,10-11H2,1H3,(H,19,20)/t13-/m0/s1. The van der Waals surface area contributed by atoms with Gasteiger partial charge in [-0.1, -0.05) is 6.07 Å². The third kappa shape index (κ3) is 3.19. The number of benzene rings is 1. The molecule has 22 heavy (non-hydrogen) atoms. The van der Waals surface area contributed by atoms with Gasteiger partial charge in [-0.15, -0.1) is 0 Å². The second-order valence-electron chi connectivity index (χ2n) is 5.22. The zero-order chi connectivity index (χ0) is 15.4. The number of rotatable bonds is 4. The van der Waals surface area contributed by atoms with Crippen molar-refractivity contribution >= 4 is 5.91 Å².